The molecule has 3 heterocycles. The maximum atomic E-state index is 12.7. The molecule has 0 aromatic carbocycles. The Kier molecular flexibility index (Phi) is 4.15. The van der Waals surface area contributed by atoms with Gasteiger partial charge in [0.15, 0.2) is 11.5 Å². The van der Waals surface area contributed by atoms with Gasteiger partial charge in [-0.2, -0.15) is 0 Å². The van der Waals surface area contributed by atoms with Crippen LogP contribution in [0.5, 0.6) is 0 Å². The minimum absolute atomic E-state index is 0.0374. The van der Waals surface area contributed by atoms with E-state index in [0.29, 0.717) is 11.5 Å². The first kappa shape index (κ1) is 14.6. The van der Waals surface area contributed by atoms with Gasteiger partial charge in [-0.3, -0.25) is 9.36 Å². The Morgan fingerprint density at radius 1 is 1.32 bits per heavy atom. The van der Waals surface area contributed by atoms with Crippen molar-refractivity contribution < 1.29 is 4.79 Å². The molecule has 1 unspecified atom stereocenters. The minimum atomic E-state index is -0.0374. The highest BCUT2D eigenvalue weighted by atomic mass is 16.2. The predicted octanol–water partition coefficient (Wildman–Crippen LogP) is 0.828. The van der Waals surface area contributed by atoms with Crippen LogP contribution >= 0.6 is 0 Å². The topological polar surface area (TPSA) is 67.2 Å². The van der Waals surface area contributed by atoms with Crippen LogP contribution in [0.4, 0.5) is 0 Å². The number of aromatic nitrogens is 4. The molecule has 0 bridgehead atoms. The van der Waals surface area contributed by atoms with E-state index < -0.39 is 0 Å². The largest absolute Gasteiger partial charge is 0.332 e. The average Bonchev–Trinajstić information content (AvgIpc) is 3.08. The van der Waals surface area contributed by atoms with E-state index in [9.17, 15) is 4.79 Å². The first-order valence-corrected chi connectivity index (χ1v) is 7.50. The van der Waals surface area contributed by atoms with Crippen molar-refractivity contribution in [2.24, 2.45) is 0 Å². The zero-order chi connectivity index (χ0) is 15.5. The van der Waals surface area contributed by atoms with Gasteiger partial charge in [-0.05, 0) is 25.6 Å². The number of piperazine rings is 1. The van der Waals surface area contributed by atoms with E-state index in [0.717, 1.165) is 26.1 Å². The molecule has 1 aliphatic heterocycles. The molecule has 22 heavy (non-hydrogen) atoms. The number of carbonyl (C=O) groups is 1. The van der Waals surface area contributed by atoms with Crippen molar-refractivity contribution in [3.63, 3.8) is 0 Å². The van der Waals surface area contributed by atoms with Gasteiger partial charge in [-0.25, -0.2) is 4.98 Å². The fraction of sp³-hybridized carbons (Fsp3) is 0.467. The minimum Gasteiger partial charge on any atom is -0.332 e. The smallest absolute Gasteiger partial charge is 0.274 e. The van der Waals surface area contributed by atoms with Crippen LogP contribution in [-0.4, -0.2) is 68.2 Å². The first-order chi connectivity index (χ1) is 10.7. The van der Waals surface area contributed by atoms with Gasteiger partial charge in [0, 0.05) is 38.1 Å². The number of nitrogens with zero attached hydrogens (tertiary/aromatic N) is 6. The molecule has 1 aliphatic rings. The predicted molar refractivity (Wildman–Crippen MR) is 81.8 cm³/mol. The molecule has 3 rings (SSSR count). The van der Waals surface area contributed by atoms with Crippen LogP contribution in [0.15, 0.2) is 30.9 Å². The lowest BCUT2D eigenvalue weighted by Gasteiger charge is -2.39. The quantitative estimate of drug-likeness (QED) is 0.840. The van der Waals surface area contributed by atoms with Crippen LogP contribution in [0, 0.1) is 0 Å². The molecule has 1 amide bonds. The normalized spacial score (nSPS) is 19.4. The van der Waals surface area contributed by atoms with E-state index in [1.807, 2.05) is 4.90 Å². The van der Waals surface area contributed by atoms with Crippen LogP contribution in [0.2, 0.25) is 0 Å². The van der Waals surface area contributed by atoms with Crippen molar-refractivity contribution in [1.82, 2.24) is 29.5 Å². The highest BCUT2D eigenvalue weighted by Gasteiger charge is 2.29. The Bertz CT molecular complexity index is 624. The Morgan fingerprint density at radius 2 is 2.18 bits per heavy atom. The molecule has 0 radical (unpaired) electrons. The van der Waals surface area contributed by atoms with Crippen LogP contribution in [-0.2, 0) is 0 Å². The van der Waals surface area contributed by atoms with Gasteiger partial charge >= 0.3 is 0 Å². The number of amides is 1. The van der Waals surface area contributed by atoms with Crippen molar-refractivity contribution in [2.75, 3.05) is 26.7 Å². The highest BCUT2D eigenvalue weighted by Crippen LogP contribution is 2.15. The molecule has 0 N–H and O–H groups in total. The van der Waals surface area contributed by atoms with Crippen LogP contribution in [0.1, 0.15) is 23.8 Å². The summed E-state index contributed by atoms with van der Waals surface area (Å²) in [4.78, 5) is 20.8. The number of hydrogen-bond donors (Lipinski definition) is 0. The van der Waals surface area contributed by atoms with Crippen LogP contribution in [0.3, 0.4) is 0 Å². The lowest BCUT2D eigenvalue weighted by atomic mass is 10.1. The highest BCUT2D eigenvalue weighted by molar-refractivity contribution is 5.92. The maximum absolute atomic E-state index is 12.7. The molecule has 7 heteroatoms. The molecule has 1 saturated heterocycles. The van der Waals surface area contributed by atoms with Crippen molar-refractivity contribution in [2.45, 2.75) is 19.4 Å². The lowest BCUT2D eigenvalue weighted by molar-refractivity contribution is 0.0487. The Morgan fingerprint density at radius 3 is 2.82 bits per heavy atom. The fourth-order valence-corrected chi connectivity index (χ4v) is 2.75. The van der Waals surface area contributed by atoms with E-state index in [-0.39, 0.29) is 11.9 Å². The summed E-state index contributed by atoms with van der Waals surface area (Å²) in [7, 11) is 2.09. The third kappa shape index (κ3) is 2.85. The van der Waals surface area contributed by atoms with E-state index in [1.54, 1.807) is 35.4 Å². The summed E-state index contributed by atoms with van der Waals surface area (Å²) in [5.41, 5.74) is 0.395. The van der Waals surface area contributed by atoms with E-state index in [4.69, 9.17) is 0 Å². The van der Waals surface area contributed by atoms with Gasteiger partial charge in [0.2, 0.25) is 0 Å². The summed E-state index contributed by atoms with van der Waals surface area (Å²) >= 11 is 0. The molecule has 2 aromatic heterocycles. The zero-order valence-corrected chi connectivity index (χ0v) is 12.9. The average molecular weight is 300 g/mol. The third-order valence-corrected chi connectivity index (χ3v) is 4.06. The second-order valence-corrected chi connectivity index (χ2v) is 5.57. The molecule has 0 spiro atoms. The molecular formula is C15H20N6O. The number of hydrogen-bond acceptors (Lipinski definition) is 5. The second kappa shape index (κ2) is 6.23. The third-order valence-electron chi connectivity index (χ3n) is 4.06. The Labute approximate surface area is 129 Å². The number of rotatable bonds is 3. The summed E-state index contributed by atoms with van der Waals surface area (Å²) in [6.07, 6.45) is 6.06. The molecule has 0 saturated carbocycles. The molecule has 2 aromatic rings. The van der Waals surface area contributed by atoms with Gasteiger partial charge in [0.1, 0.15) is 6.33 Å². The van der Waals surface area contributed by atoms with Crippen molar-refractivity contribution in [3.8, 4) is 5.82 Å². The zero-order valence-electron chi connectivity index (χ0n) is 12.9. The summed E-state index contributed by atoms with van der Waals surface area (Å²) < 4.78 is 1.76. The van der Waals surface area contributed by atoms with E-state index in [2.05, 4.69) is 34.1 Å². The van der Waals surface area contributed by atoms with Gasteiger partial charge < -0.3 is 9.80 Å². The number of carbonyl (C=O) groups excluding carboxylic acids is 1. The fourth-order valence-electron chi connectivity index (χ4n) is 2.75. The lowest BCUT2D eigenvalue weighted by Crippen LogP contribution is -2.53. The second-order valence-electron chi connectivity index (χ2n) is 5.57. The molecule has 1 fully saturated rings. The Balaban J connectivity index is 1.77. The standard InChI is InChI=1S/C15H20N6O/c1-3-12-10-19(2)8-9-21(12)15(22)13-4-5-14(18-17-13)20-7-6-16-11-20/h4-7,11-12H,3,8-10H2,1-2H3. The van der Waals surface area contributed by atoms with E-state index in [1.165, 1.54) is 0 Å². The van der Waals surface area contributed by atoms with Crippen molar-refractivity contribution in [3.05, 3.63) is 36.5 Å². The molecule has 1 atom stereocenters. The van der Waals surface area contributed by atoms with Gasteiger partial charge in [-0.1, -0.05) is 6.92 Å². The summed E-state index contributed by atoms with van der Waals surface area (Å²) in [6, 6.07) is 3.76. The number of likely N-dealkylation sites (N-methyl/N-ethyl adjacent to an activating group) is 1. The number of imidazole rings is 1. The van der Waals surface area contributed by atoms with Gasteiger partial charge in [-0.15, -0.1) is 10.2 Å². The van der Waals surface area contributed by atoms with Gasteiger partial charge in [0.05, 0.1) is 0 Å². The SMILES string of the molecule is CCC1CN(C)CCN1C(=O)c1ccc(-n2ccnc2)nn1. The van der Waals surface area contributed by atoms with Crippen LogP contribution < -0.4 is 0 Å². The van der Waals surface area contributed by atoms with E-state index >= 15 is 0 Å². The van der Waals surface area contributed by atoms with Crippen molar-refractivity contribution >= 4 is 5.91 Å². The molecular weight excluding hydrogens is 280 g/mol. The van der Waals surface area contributed by atoms with Crippen LogP contribution in [0.25, 0.3) is 5.82 Å². The first-order valence-electron chi connectivity index (χ1n) is 7.50. The Hall–Kier alpha value is -2.28. The monoisotopic (exact) mass is 300 g/mol. The maximum Gasteiger partial charge on any atom is 0.274 e. The molecule has 0 aliphatic carbocycles. The van der Waals surface area contributed by atoms with Gasteiger partial charge in [0.25, 0.3) is 5.91 Å². The summed E-state index contributed by atoms with van der Waals surface area (Å²) in [5, 5.41) is 8.21. The molecule has 7 nitrogen and oxygen atoms in total. The molecule has 116 valence electrons. The van der Waals surface area contributed by atoms with Crippen molar-refractivity contribution in [1.29, 1.82) is 0 Å². The summed E-state index contributed by atoms with van der Waals surface area (Å²) in [5.74, 6) is 0.615. The summed E-state index contributed by atoms with van der Waals surface area (Å²) in [6.45, 7) is 4.64.